The number of likely N-dealkylation sites (tertiary alicyclic amines) is 1. The van der Waals surface area contributed by atoms with Crippen molar-refractivity contribution < 1.29 is 4.39 Å². The van der Waals surface area contributed by atoms with Crippen LogP contribution in [0.1, 0.15) is 31.4 Å². The lowest BCUT2D eigenvalue weighted by Crippen LogP contribution is -2.41. The second-order valence-electron chi connectivity index (χ2n) is 5.78. The largest absolute Gasteiger partial charge is 0.329 e. The maximum Gasteiger partial charge on any atom is 0.124 e. The van der Waals surface area contributed by atoms with Crippen molar-refractivity contribution in [3.63, 3.8) is 0 Å². The number of hydrogen-bond acceptors (Lipinski definition) is 3. The van der Waals surface area contributed by atoms with Crippen molar-refractivity contribution in [2.24, 2.45) is 5.73 Å². The normalized spacial score (nSPS) is 21.1. The Kier molecular flexibility index (Phi) is 5.99. The van der Waals surface area contributed by atoms with Gasteiger partial charge in [0.15, 0.2) is 0 Å². The third-order valence-corrected chi connectivity index (χ3v) is 4.81. The standard InChI is InChI=1S/C16H25ClFN3/c1-3-21-8-4-5-13(21)11-20(2)16(10-19)14-7-6-12(18)9-15(14)17/h6-7,9,13,16H,3-5,8,10-11,19H2,1-2H3. The summed E-state index contributed by atoms with van der Waals surface area (Å²) in [5.74, 6) is -0.310. The SMILES string of the molecule is CCN1CCCC1CN(C)C(CN)c1ccc(F)cc1Cl. The van der Waals surface area contributed by atoms with Crippen molar-refractivity contribution in [2.45, 2.75) is 31.8 Å². The van der Waals surface area contributed by atoms with Crippen LogP contribution in [-0.2, 0) is 0 Å². The molecule has 1 aromatic carbocycles. The third-order valence-electron chi connectivity index (χ3n) is 4.48. The summed E-state index contributed by atoms with van der Waals surface area (Å²) < 4.78 is 13.2. The summed E-state index contributed by atoms with van der Waals surface area (Å²) >= 11 is 6.19. The molecule has 118 valence electrons. The van der Waals surface area contributed by atoms with Crippen LogP contribution in [0.4, 0.5) is 4.39 Å². The van der Waals surface area contributed by atoms with Gasteiger partial charge in [0, 0.05) is 30.2 Å². The zero-order valence-electron chi connectivity index (χ0n) is 12.9. The van der Waals surface area contributed by atoms with E-state index in [-0.39, 0.29) is 11.9 Å². The summed E-state index contributed by atoms with van der Waals surface area (Å²) in [6, 6.07) is 5.16. The average Bonchev–Trinajstić information content (AvgIpc) is 2.89. The van der Waals surface area contributed by atoms with Crippen LogP contribution >= 0.6 is 11.6 Å². The van der Waals surface area contributed by atoms with E-state index in [1.165, 1.54) is 31.5 Å². The van der Waals surface area contributed by atoms with Gasteiger partial charge < -0.3 is 5.73 Å². The molecular weight excluding hydrogens is 289 g/mol. The molecule has 0 radical (unpaired) electrons. The summed E-state index contributed by atoms with van der Waals surface area (Å²) in [5.41, 5.74) is 6.85. The first-order valence-corrected chi connectivity index (χ1v) is 8.04. The van der Waals surface area contributed by atoms with Gasteiger partial charge in [-0.25, -0.2) is 4.39 Å². The number of nitrogens with zero attached hydrogens (tertiary/aromatic N) is 2. The zero-order chi connectivity index (χ0) is 15.4. The highest BCUT2D eigenvalue weighted by atomic mass is 35.5. The van der Waals surface area contributed by atoms with E-state index < -0.39 is 0 Å². The summed E-state index contributed by atoms with van der Waals surface area (Å²) in [6.07, 6.45) is 2.49. The molecule has 0 bridgehead atoms. The molecule has 1 aromatic rings. The third kappa shape index (κ3) is 3.95. The maximum absolute atomic E-state index is 13.2. The van der Waals surface area contributed by atoms with Crippen LogP contribution in [0.15, 0.2) is 18.2 Å². The molecule has 2 atom stereocenters. The highest BCUT2D eigenvalue weighted by Crippen LogP contribution is 2.28. The fourth-order valence-corrected chi connectivity index (χ4v) is 3.59. The second kappa shape index (κ2) is 7.54. The molecule has 0 aromatic heterocycles. The van der Waals surface area contributed by atoms with Crippen LogP contribution in [0.25, 0.3) is 0 Å². The first-order valence-electron chi connectivity index (χ1n) is 7.66. The Morgan fingerprint density at radius 2 is 2.29 bits per heavy atom. The molecule has 2 unspecified atom stereocenters. The van der Waals surface area contributed by atoms with E-state index >= 15 is 0 Å². The van der Waals surface area contributed by atoms with Crippen LogP contribution in [0.5, 0.6) is 0 Å². The van der Waals surface area contributed by atoms with Crippen LogP contribution in [0, 0.1) is 5.82 Å². The Balaban J connectivity index is 2.09. The van der Waals surface area contributed by atoms with Crippen molar-refractivity contribution in [3.05, 3.63) is 34.6 Å². The van der Waals surface area contributed by atoms with Crippen LogP contribution in [0.3, 0.4) is 0 Å². The number of nitrogens with two attached hydrogens (primary N) is 1. The Bertz CT molecular complexity index is 469. The van der Waals surface area contributed by atoms with Gasteiger partial charge in [0.2, 0.25) is 0 Å². The highest BCUT2D eigenvalue weighted by molar-refractivity contribution is 6.31. The van der Waals surface area contributed by atoms with Gasteiger partial charge >= 0.3 is 0 Å². The quantitative estimate of drug-likeness (QED) is 0.876. The van der Waals surface area contributed by atoms with Crippen LogP contribution in [0.2, 0.25) is 5.02 Å². The molecule has 1 aliphatic rings. The van der Waals surface area contributed by atoms with Crippen molar-refractivity contribution in [1.29, 1.82) is 0 Å². The summed E-state index contributed by atoms with van der Waals surface area (Å²) in [6.45, 7) is 5.91. The van der Waals surface area contributed by atoms with Gasteiger partial charge in [-0.2, -0.15) is 0 Å². The zero-order valence-corrected chi connectivity index (χ0v) is 13.6. The fourth-order valence-electron chi connectivity index (χ4n) is 3.29. The van der Waals surface area contributed by atoms with Gasteiger partial charge in [-0.15, -0.1) is 0 Å². The van der Waals surface area contributed by atoms with Gasteiger partial charge in [0.1, 0.15) is 5.82 Å². The number of halogens is 2. The highest BCUT2D eigenvalue weighted by Gasteiger charge is 2.27. The van der Waals surface area contributed by atoms with E-state index in [1.54, 1.807) is 6.07 Å². The van der Waals surface area contributed by atoms with Crippen molar-refractivity contribution in [1.82, 2.24) is 9.80 Å². The van der Waals surface area contributed by atoms with E-state index in [0.717, 1.165) is 18.7 Å². The molecule has 0 amide bonds. The van der Waals surface area contributed by atoms with Gasteiger partial charge in [0.05, 0.1) is 0 Å². The van der Waals surface area contributed by atoms with E-state index in [4.69, 9.17) is 17.3 Å². The molecule has 1 saturated heterocycles. The first-order chi connectivity index (χ1) is 10.1. The molecule has 1 heterocycles. The summed E-state index contributed by atoms with van der Waals surface area (Å²) in [7, 11) is 2.07. The molecule has 0 spiro atoms. The minimum atomic E-state index is -0.310. The Morgan fingerprint density at radius 1 is 1.52 bits per heavy atom. The minimum absolute atomic E-state index is 0.0254. The Morgan fingerprint density at radius 3 is 2.90 bits per heavy atom. The minimum Gasteiger partial charge on any atom is -0.329 e. The topological polar surface area (TPSA) is 32.5 Å². The Hall–Kier alpha value is -0.680. The van der Waals surface area contributed by atoms with E-state index in [2.05, 4.69) is 23.8 Å². The van der Waals surface area contributed by atoms with Crippen LogP contribution in [-0.4, -0.2) is 49.1 Å². The first kappa shape index (κ1) is 16.7. The lowest BCUT2D eigenvalue weighted by Gasteiger charge is -2.33. The average molecular weight is 314 g/mol. The van der Waals surface area contributed by atoms with Gasteiger partial charge in [-0.1, -0.05) is 24.6 Å². The van der Waals surface area contributed by atoms with Gasteiger partial charge in [-0.05, 0) is 50.7 Å². The number of rotatable bonds is 6. The predicted molar refractivity (Wildman–Crippen MR) is 86.1 cm³/mol. The number of likely N-dealkylation sites (N-methyl/N-ethyl adjacent to an activating group) is 2. The van der Waals surface area contributed by atoms with Crippen molar-refractivity contribution >= 4 is 11.6 Å². The van der Waals surface area contributed by atoms with Gasteiger partial charge in [-0.3, -0.25) is 9.80 Å². The summed E-state index contributed by atoms with van der Waals surface area (Å²) in [4.78, 5) is 4.76. The molecule has 5 heteroatoms. The number of hydrogen-bond donors (Lipinski definition) is 1. The lowest BCUT2D eigenvalue weighted by atomic mass is 10.0. The predicted octanol–water partition coefficient (Wildman–Crippen LogP) is 2.90. The smallest absolute Gasteiger partial charge is 0.124 e. The molecule has 1 aliphatic heterocycles. The molecule has 2 rings (SSSR count). The van der Waals surface area contributed by atoms with Gasteiger partial charge in [0.25, 0.3) is 0 Å². The summed E-state index contributed by atoms with van der Waals surface area (Å²) in [5, 5.41) is 0.455. The van der Waals surface area contributed by atoms with Crippen molar-refractivity contribution in [3.8, 4) is 0 Å². The fraction of sp³-hybridized carbons (Fsp3) is 0.625. The van der Waals surface area contributed by atoms with Crippen LogP contribution < -0.4 is 5.73 Å². The maximum atomic E-state index is 13.2. The van der Waals surface area contributed by atoms with E-state index in [9.17, 15) is 4.39 Å². The molecule has 0 saturated carbocycles. The molecule has 2 N–H and O–H groups in total. The van der Waals surface area contributed by atoms with E-state index in [0.29, 0.717) is 17.6 Å². The molecular formula is C16H25ClFN3. The monoisotopic (exact) mass is 313 g/mol. The number of benzene rings is 1. The van der Waals surface area contributed by atoms with Crippen molar-refractivity contribution in [2.75, 3.05) is 33.2 Å². The molecule has 21 heavy (non-hydrogen) atoms. The molecule has 0 aliphatic carbocycles. The second-order valence-corrected chi connectivity index (χ2v) is 6.19. The Labute approximate surface area is 131 Å². The molecule has 1 fully saturated rings. The lowest BCUT2D eigenvalue weighted by molar-refractivity contribution is 0.166. The van der Waals surface area contributed by atoms with E-state index in [1.807, 2.05) is 0 Å². The molecule has 3 nitrogen and oxygen atoms in total.